The molecule has 1 aliphatic rings. The Morgan fingerprint density at radius 3 is 2.54 bits per heavy atom. The van der Waals surface area contributed by atoms with E-state index in [1.54, 1.807) is 49.2 Å². The summed E-state index contributed by atoms with van der Waals surface area (Å²) in [5.74, 6) is -0.00698. The number of benzene rings is 1. The molecular weight excluding hydrogens is 326 g/mol. The zero-order chi connectivity index (χ0) is 17.3. The molecule has 0 saturated heterocycles. The topological polar surface area (TPSA) is 80.2 Å². The maximum absolute atomic E-state index is 12.4. The van der Waals surface area contributed by atoms with Gasteiger partial charge in [-0.2, -0.15) is 0 Å². The quantitative estimate of drug-likeness (QED) is 0.843. The Bertz CT molecular complexity index is 836. The fourth-order valence-corrected chi connectivity index (χ4v) is 3.69. The van der Waals surface area contributed by atoms with Crippen LogP contribution in [0.15, 0.2) is 41.7 Å². The van der Waals surface area contributed by atoms with Crippen molar-refractivity contribution in [3.63, 3.8) is 0 Å². The van der Waals surface area contributed by atoms with Gasteiger partial charge in [-0.3, -0.25) is 4.79 Å². The van der Waals surface area contributed by atoms with Crippen molar-refractivity contribution in [1.82, 2.24) is 14.9 Å². The minimum absolute atomic E-state index is 0.00698. The van der Waals surface area contributed by atoms with Crippen molar-refractivity contribution in [1.29, 1.82) is 0 Å². The van der Waals surface area contributed by atoms with Crippen molar-refractivity contribution >= 4 is 15.7 Å². The summed E-state index contributed by atoms with van der Waals surface area (Å²) in [4.78, 5) is 22.6. The van der Waals surface area contributed by atoms with Gasteiger partial charge in [-0.1, -0.05) is 12.1 Å². The molecule has 6 nitrogen and oxygen atoms in total. The molecule has 0 radical (unpaired) electrons. The number of hydrogen-bond donors (Lipinski definition) is 0. The zero-order valence-electron chi connectivity index (χ0n) is 13.6. The normalized spacial score (nSPS) is 14.0. The summed E-state index contributed by atoms with van der Waals surface area (Å²) in [5.41, 5.74) is 2.66. The highest BCUT2D eigenvalue weighted by atomic mass is 32.2. The second kappa shape index (κ2) is 6.32. The van der Waals surface area contributed by atoms with E-state index in [0.29, 0.717) is 13.1 Å². The third kappa shape index (κ3) is 3.17. The van der Waals surface area contributed by atoms with Crippen LogP contribution in [0.5, 0.6) is 0 Å². The van der Waals surface area contributed by atoms with E-state index in [2.05, 4.69) is 9.97 Å². The minimum atomic E-state index is -3.28. The van der Waals surface area contributed by atoms with Crippen molar-refractivity contribution in [2.45, 2.75) is 43.5 Å². The molecule has 1 aromatic heterocycles. The van der Waals surface area contributed by atoms with E-state index < -0.39 is 15.1 Å². The Kier molecular flexibility index (Phi) is 4.36. The number of fused-ring (bicyclic) bond motifs is 1. The van der Waals surface area contributed by atoms with Crippen molar-refractivity contribution < 1.29 is 13.2 Å². The van der Waals surface area contributed by atoms with E-state index in [9.17, 15) is 13.2 Å². The molecule has 0 spiro atoms. The number of carbonyl (C=O) groups excluding carboxylic acids is 1. The average Bonchev–Trinajstić information content (AvgIpc) is 2.99. The van der Waals surface area contributed by atoms with Crippen LogP contribution in [0, 0.1) is 0 Å². The van der Waals surface area contributed by atoms with Gasteiger partial charge < -0.3 is 4.90 Å². The molecule has 0 N–H and O–H groups in total. The molecule has 1 aliphatic heterocycles. The lowest BCUT2D eigenvalue weighted by atomic mass is 10.1. The molecule has 1 amide bonds. The number of nitrogens with zero attached hydrogens (tertiary/aromatic N) is 3. The van der Waals surface area contributed by atoms with Crippen LogP contribution in [-0.4, -0.2) is 34.4 Å². The van der Waals surface area contributed by atoms with Gasteiger partial charge in [0.05, 0.1) is 28.8 Å². The summed E-state index contributed by atoms with van der Waals surface area (Å²) < 4.78 is 24.2. The highest BCUT2D eigenvalue weighted by Gasteiger charge is 2.24. The molecule has 0 fully saturated rings. The predicted octanol–water partition coefficient (Wildman–Crippen LogP) is 1.74. The number of hydrogen-bond acceptors (Lipinski definition) is 5. The maximum Gasteiger partial charge on any atom is 0.227 e. The molecule has 24 heavy (non-hydrogen) atoms. The first-order valence-corrected chi connectivity index (χ1v) is 9.31. The molecule has 0 atom stereocenters. The largest absolute Gasteiger partial charge is 0.332 e. The fourth-order valence-electron chi connectivity index (χ4n) is 2.63. The van der Waals surface area contributed by atoms with Crippen LogP contribution in [0.4, 0.5) is 0 Å². The van der Waals surface area contributed by atoms with Crippen LogP contribution in [0.1, 0.15) is 30.7 Å². The van der Waals surface area contributed by atoms with Gasteiger partial charge in [0.25, 0.3) is 0 Å². The Morgan fingerprint density at radius 2 is 1.92 bits per heavy atom. The summed E-state index contributed by atoms with van der Waals surface area (Å²) in [6, 6.07) is 6.55. The fraction of sp³-hybridized carbons (Fsp3) is 0.353. The number of amides is 1. The Morgan fingerprint density at radius 1 is 1.21 bits per heavy atom. The first-order valence-electron chi connectivity index (χ1n) is 7.76. The summed E-state index contributed by atoms with van der Waals surface area (Å²) in [6.07, 6.45) is 3.46. The summed E-state index contributed by atoms with van der Waals surface area (Å²) >= 11 is 0. The number of carbonyl (C=O) groups is 1. The predicted molar refractivity (Wildman–Crippen MR) is 88.8 cm³/mol. The summed E-state index contributed by atoms with van der Waals surface area (Å²) in [6.45, 7) is 4.33. The molecule has 0 bridgehead atoms. The molecule has 126 valence electrons. The van der Waals surface area contributed by atoms with E-state index in [-0.39, 0.29) is 17.2 Å². The maximum atomic E-state index is 12.4. The molecule has 2 aromatic rings. The third-order valence-electron chi connectivity index (χ3n) is 4.16. The molecule has 7 heteroatoms. The van der Waals surface area contributed by atoms with Gasteiger partial charge in [0.2, 0.25) is 5.91 Å². The van der Waals surface area contributed by atoms with E-state index in [1.165, 1.54) is 6.33 Å². The van der Waals surface area contributed by atoms with Crippen LogP contribution in [0.2, 0.25) is 0 Å². The number of sulfone groups is 1. The molecule has 0 aliphatic carbocycles. The van der Waals surface area contributed by atoms with E-state index in [4.69, 9.17) is 0 Å². The summed E-state index contributed by atoms with van der Waals surface area (Å²) in [7, 11) is -3.28. The van der Waals surface area contributed by atoms with Gasteiger partial charge in [0.15, 0.2) is 9.84 Å². The zero-order valence-corrected chi connectivity index (χ0v) is 14.5. The lowest BCUT2D eigenvalue weighted by Gasteiger charge is -2.15. The lowest BCUT2D eigenvalue weighted by molar-refractivity contribution is -0.131. The van der Waals surface area contributed by atoms with E-state index >= 15 is 0 Å². The minimum Gasteiger partial charge on any atom is -0.332 e. The van der Waals surface area contributed by atoms with Crippen LogP contribution in [0.3, 0.4) is 0 Å². The standard InChI is InChI=1S/C17H19N3O3S/c1-12(2)24(22,23)15-5-3-13(4-6-15)7-17(21)20-9-14-8-18-11-19-16(14)10-20/h3-6,8,11-12H,7,9-10H2,1-2H3. The number of rotatable bonds is 4. The molecule has 3 rings (SSSR count). The van der Waals surface area contributed by atoms with Crippen LogP contribution < -0.4 is 0 Å². The third-order valence-corrected chi connectivity index (χ3v) is 6.33. The highest BCUT2D eigenvalue weighted by Crippen LogP contribution is 2.21. The monoisotopic (exact) mass is 345 g/mol. The lowest BCUT2D eigenvalue weighted by Crippen LogP contribution is -2.27. The second-order valence-corrected chi connectivity index (χ2v) is 8.66. The Hall–Kier alpha value is -2.28. The molecule has 2 heterocycles. The van der Waals surface area contributed by atoms with Gasteiger partial charge in [-0.25, -0.2) is 18.4 Å². The van der Waals surface area contributed by atoms with E-state index in [1.807, 2.05) is 0 Å². The molecule has 1 aromatic carbocycles. The molecular formula is C17H19N3O3S. The summed E-state index contributed by atoms with van der Waals surface area (Å²) in [5, 5.41) is -0.464. The van der Waals surface area contributed by atoms with Gasteiger partial charge in [-0.05, 0) is 31.5 Å². The van der Waals surface area contributed by atoms with Gasteiger partial charge >= 0.3 is 0 Å². The van der Waals surface area contributed by atoms with Crippen molar-refractivity contribution in [3.8, 4) is 0 Å². The number of aromatic nitrogens is 2. The Balaban J connectivity index is 1.68. The Labute approximate surface area is 141 Å². The second-order valence-electron chi connectivity index (χ2n) is 6.16. The van der Waals surface area contributed by atoms with Crippen molar-refractivity contribution in [2.24, 2.45) is 0 Å². The molecule has 0 unspecified atom stereocenters. The van der Waals surface area contributed by atoms with Crippen LogP contribution in [-0.2, 0) is 34.1 Å². The van der Waals surface area contributed by atoms with E-state index in [0.717, 1.165) is 16.8 Å². The average molecular weight is 345 g/mol. The highest BCUT2D eigenvalue weighted by molar-refractivity contribution is 7.92. The molecule has 0 saturated carbocycles. The van der Waals surface area contributed by atoms with Crippen molar-refractivity contribution in [2.75, 3.05) is 0 Å². The van der Waals surface area contributed by atoms with Gasteiger partial charge in [0.1, 0.15) is 6.33 Å². The smallest absolute Gasteiger partial charge is 0.227 e. The SMILES string of the molecule is CC(C)S(=O)(=O)c1ccc(CC(=O)N2Cc3cncnc3C2)cc1. The van der Waals surface area contributed by atoms with Crippen LogP contribution in [0.25, 0.3) is 0 Å². The first kappa shape index (κ1) is 16.6. The first-order chi connectivity index (χ1) is 11.4. The van der Waals surface area contributed by atoms with Crippen molar-refractivity contribution in [3.05, 3.63) is 53.6 Å². The van der Waals surface area contributed by atoms with Gasteiger partial charge in [0, 0.05) is 18.3 Å². The van der Waals surface area contributed by atoms with Gasteiger partial charge in [-0.15, -0.1) is 0 Å². The van der Waals surface area contributed by atoms with Crippen LogP contribution >= 0.6 is 0 Å².